The van der Waals surface area contributed by atoms with E-state index in [1.54, 1.807) is 0 Å². The average Bonchev–Trinajstić information content (AvgIpc) is 3.97. The zero-order chi connectivity index (χ0) is 47.8. The molecule has 11 rings (SSSR count). The van der Waals surface area contributed by atoms with E-state index in [2.05, 4.69) is 239 Å². The van der Waals surface area contributed by atoms with E-state index in [0.717, 1.165) is 17.6 Å². The van der Waals surface area contributed by atoms with E-state index in [1.807, 2.05) is 57.2 Å². The molecule has 0 unspecified atom stereocenters. The van der Waals surface area contributed by atoms with Crippen molar-refractivity contribution in [3.63, 3.8) is 0 Å². The Morgan fingerprint density at radius 1 is 0.426 bits per heavy atom. The molecule has 0 aliphatic heterocycles. The molecule has 0 radical (unpaired) electrons. The fourth-order valence-corrected chi connectivity index (χ4v) is 8.85. The highest BCUT2D eigenvalue weighted by Crippen LogP contribution is 2.44. The van der Waals surface area contributed by atoms with Crippen molar-refractivity contribution in [3.05, 3.63) is 272 Å². The summed E-state index contributed by atoms with van der Waals surface area (Å²) in [6, 6.07) is 80.6. The van der Waals surface area contributed by atoms with Gasteiger partial charge in [-0.2, -0.15) is 0 Å². The Morgan fingerprint density at radius 2 is 0.912 bits per heavy atom. The summed E-state index contributed by atoms with van der Waals surface area (Å²) in [5.41, 5.74) is 21.8. The Morgan fingerprint density at radius 3 is 1.46 bits per heavy atom. The first-order valence-electron chi connectivity index (χ1n) is 23.8. The van der Waals surface area contributed by atoms with Gasteiger partial charge in [0.15, 0.2) is 0 Å². The number of rotatable bonds is 6. The lowest BCUT2D eigenvalue weighted by molar-refractivity contribution is 1.16. The molecule has 0 bridgehead atoms. The molecule has 0 saturated carbocycles. The van der Waals surface area contributed by atoms with Gasteiger partial charge in [-0.05, 0) is 101 Å². The maximum Gasteiger partial charge on any atom is 0.0579 e. The highest BCUT2D eigenvalue weighted by atomic mass is 15.0. The average molecular weight is 882 g/mol. The van der Waals surface area contributed by atoms with Gasteiger partial charge in [-0.15, -0.1) is 0 Å². The minimum absolute atomic E-state index is 1.02. The highest BCUT2D eigenvalue weighted by molar-refractivity contribution is 6.13. The molecule has 68 heavy (non-hydrogen) atoms. The molecule has 1 nitrogen and oxygen atoms in total. The first-order valence-corrected chi connectivity index (χ1v) is 23.8. The molecule has 1 aliphatic rings. The van der Waals surface area contributed by atoms with Crippen LogP contribution in [0.3, 0.4) is 0 Å². The van der Waals surface area contributed by atoms with Crippen molar-refractivity contribution in [2.45, 2.75) is 48.0 Å². The Bertz CT molecular complexity index is 3210. The van der Waals surface area contributed by atoms with Crippen LogP contribution in [0.25, 0.3) is 83.2 Å². The molecule has 0 N–H and O–H groups in total. The van der Waals surface area contributed by atoms with Crippen molar-refractivity contribution in [3.8, 4) is 44.5 Å². The number of benzene rings is 9. The summed E-state index contributed by atoms with van der Waals surface area (Å²) in [6.45, 7) is 20.4. The zero-order valence-corrected chi connectivity index (χ0v) is 40.6. The number of aromatic nitrogens is 1. The maximum atomic E-state index is 4.15. The number of para-hydroxylation sites is 1. The van der Waals surface area contributed by atoms with Crippen LogP contribution in [0.2, 0.25) is 0 Å². The summed E-state index contributed by atoms with van der Waals surface area (Å²) in [5.74, 6) is 0. The number of fused-ring (bicyclic) bond motifs is 7. The minimum Gasteiger partial charge on any atom is -0.313 e. The van der Waals surface area contributed by atoms with Gasteiger partial charge in [-0.1, -0.05) is 269 Å². The standard InChI is InChI=1S/C23H19N.C21H18.C12H10.C9H10.C2H6/c1-3-15(2)24-22-11-7-6-10-19(22)20-13-12-18-17-9-5-4-8-16(17)14-21(18)23(20)24;1-16(2)19-14-9-15-20(17-10-5-3-6-11-17)21(19)18-12-7-4-8-13-18;1-3-7-11(8-4-1)12-9-5-2-6-10-12;1-8(2)9-6-4-3-5-7-9;1-2/h3-13H,14H2,1-2H3;3-15H,1H2,2H3;1-10H;3-7H,1H2,2H3;1-2H3/b15-3-;;;;. The summed E-state index contributed by atoms with van der Waals surface area (Å²) in [5, 5.41) is 2.70. The van der Waals surface area contributed by atoms with Crippen molar-refractivity contribution in [1.29, 1.82) is 0 Å². The van der Waals surface area contributed by atoms with Gasteiger partial charge in [-0.3, -0.25) is 0 Å². The van der Waals surface area contributed by atoms with Crippen LogP contribution in [0, 0.1) is 0 Å². The molecule has 1 aromatic heterocycles. The highest BCUT2D eigenvalue weighted by Gasteiger charge is 2.24. The number of allylic oxidation sites excluding steroid dienone is 4. The summed E-state index contributed by atoms with van der Waals surface area (Å²) < 4.78 is 2.44. The third kappa shape index (κ3) is 11.0. The topological polar surface area (TPSA) is 4.93 Å². The second-order valence-electron chi connectivity index (χ2n) is 16.7. The molecule has 1 heteroatoms. The molecule has 10 aromatic rings. The first-order chi connectivity index (χ1) is 33.3. The molecule has 1 aliphatic carbocycles. The number of hydrogen-bond donors (Lipinski definition) is 0. The quantitative estimate of drug-likeness (QED) is 0.157. The number of hydrogen-bond acceptors (Lipinski definition) is 0. The van der Waals surface area contributed by atoms with Crippen LogP contribution in [0.4, 0.5) is 0 Å². The van der Waals surface area contributed by atoms with E-state index in [9.17, 15) is 0 Å². The SMILES string of the molecule is C/C=C(/C)n1c2ccccc2c2ccc3c(c21)Cc1ccccc1-3.C=C(C)c1cccc(-c2ccccc2)c1-c1ccccc1.C=C(C)c1ccccc1.CC.c1ccc(-c2ccccc2)cc1. The Labute approximate surface area is 405 Å². The van der Waals surface area contributed by atoms with Gasteiger partial charge in [0.05, 0.1) is 11.0 Å². The van der Waals surface area contributed by atoms with E-state index in [-0.39, 0.29) is 0 Å². The summed E-state index contributed by atoms with van der Waals surface area (Å²) in [4.78, 5) is 0. The molecule has 9 aromatic carbocycles. The lowest BCUT2D eigenvalue weighted by atomic mass is 9.88. The summed E-state index contributed by atoms with van der Waals surface area (Å²) >= 11 is 0. The molecule has 1 heterocycles. The molecule has 0 atom stereocenters. The second kappa shape index (κ2) is 23.4. The Balaban J connectivity index is 0.000000141. The predicted molar refractivity (Wildman–Crippen MR) is 300 cm³/mol. The van der Waals surface area contributed by atoms with Crippen LogP contribution < -0.4 is 0 Å². The van der Waals surface area contributed by atoms with E-state index < -0.39 is 0 Å². The maximum absolute atomic E-state index is 4.15. The van der Waals surface area contributed by atoms with Crippen molar-refractivity contribution < 1.29 is 0 Å². The fraction of sp³-hybridized carbons (Fsp3) is 0.104. The van der Waals surface area contributed by atoms with E-state index in [0.29, 0.717) is 0 Å². The van der Waals surface area contributed by atoms with Gasteiger partial charge in [0.2, 0.25) is 0 Å². The van der Waals surface area contributed by atoms with Gasteiger partial charge in [0, 0.05) is 22.9 Å². The molecule has 0 amide bonds. The molecular weight excluding hydrogens is 819 g/mol. The van der Waals surface area contributed by atoms with Crippen LogP contribution in [-0.4, -0.2) is 4.57 Å². The van der Waals surface area contributed by atoms with Crippen molar-refractivity contribution in [2.75, 3.05) is 0 Å². The van der Waals surface area contributed by atoms with Gasteiger partial charge >= 0.3 is 0 Å². The van der Waals surface area contributed by atoms with Crippen LogP contribution >= 0.6 is 0 Å². The molecule has 0 saturated heterocycles. The Hall–Kier alpha value is -8.00. The lowest BCUT2D eigenvalue weighted by Crippen LogP contribution is -1.96. The lowest BCUT2D eigenvalue weighted by Gasteiger charge is -2.15. The van der Waals surface area contributed by atoms with E-state index >= 15 is 0 Å². The van der Waals surface area contributed by atoms with Crippen LogP contribution in [-0.2, 0) is 6.42 Å². The normalized spacial score (nSPS) is 10.9. The largest absolute Gasteiger partial charge is 0.313 e. The number of nitrogens with zero attached hydrogens (tertiary/aromatic N) is 1. The van der Waals surface area contributed by atoms with E-state index in [1.165, 1.54) is 94.3 Å². The Kier molecular flexibility index (Phi) is 16.5. The summed E-state index contributed by atoms with van der Waals surface area (Å²) in [6.07, 6.45) is 3.23. The smallest absolute Gasteiger partial charge is 0.0579 e. The molecule has 0 spiro atoms. The third-order valence-electron chi connectivity index (χ3n) is 12.2. The second-order valence-corrected chi connectivity index (χ2v) is 16.7. The predicted octanol–water partition coefficient (Wildman–Crippen LogP) is 19.4. The summed E-state index contributed by atoms with van der Waals surface area (Å²) in [7, 11) is 0. The van der Waals surface area contributed by atoms with Gasteiger partial charge < -0.3 is 4.57 Å². The molecular formula is C67H63N. The third-order valence-corrected chi connectivity index (χ3v) is 12.2. The monoisotopic (exact) mass is 881 g/mol. The van der Waals surface area contributed by atoms with Crippen LogP contribution in [0.1, 0.15) is 63.8 Å². The van der Waals surface area contributed by atoms with Gasteiger partial charge in [0.1, 0.15) is 0 Å². The fourth-order valence-electron chi connectivity index (χ4n) is 8.85. The molecule has 0 fully saturated rings. The van der Waals surface area contributed by atoms with Crippen LogP contribution in [0.5, 0.6) is 0 Å². The first kappa shape index (κ1) is 47.9. The van der Waals surface area contributed by atoms with Gasteiger partial charge in [0.25, 0.3) is 0 Å². The van der Waals surface area contributed by atoms with E-state index in [4.69, 9.17) is 0 Å². The zero-order valence-electron chi connectivity index (χ0n) is 40.6. The van der Waals surface area contributed by atoms with Gasteiger partial charge in [-0.25, -0.2) is 0 Å². The van der Waals surface area contributed by atoms with Crippen LogP contribution in [0.15, 0.2) is 250 Å². The molecule has 336 valence electrons. The minimum atomic E-state index is 1.02. The van der Waals surface area contributed by atoms with Crippen molar-refractivity contribution in [1.82, 2.24) is 4.57 Å². The van der Waals surface area contributed by atoms with Crippen molar-refractivity contribution in [2.24, 2.45) is 0 Å². The van der Waals surface area contributed by atoms with Crippen molar-refractivity contribution >= 4 is 38.6 Å².